The summed E-state index contributed by atoms with van der Waals surface area (Å²) in [6.45, 7) is 8.49. The number of halogens is 1. The van der Waals surface area contributed by atoms with Gasteiger partial charge in [-0.25, -0.2) is 0 Å². The quantitative estimate of drug-likeness (QED) is 0.920. The lowest BCUT2D eigenvalue weighted by atomic mass is 9.96. The van der Waals surface area contributed by atoms with Gasteiger partial charge in [0.15, 0.2) is 11.5 Å². The molecule has 0 atom stereocenters. The predicted molar refractivity (Wildman–Crippen MR) is 78.1 cm³/mol. The Bertz CT molecular complexity index is 413. The van der Waals surface area contributed by atoms with Crippen molar-refractivity contribution in [2.45, 2.75) is 27.3 Å². The van der Waals surface area contributed by atoms with E-state index >= 15 is 0 Å². The smallest absolute Gasteiger partial charge is 0.172 e. The molecule has 1 aromatic carbocycles. The lowest BCUT2D eigenvalue weighted by molar-refractivity contribution is 0.220. The maximum atomic E-state index is 9.76. The first-order valence-corrected chi connectivity index (χ1v) is 6.76. The number of hydrogen-bond donors (Lipinski definition) is 1. The molecule has 0 fully saturated rings. The van der Waals surface area contributed by atoms with Crippen LogP contribution in [-0.2, 0) is 6.54 Å². The summed E-state index contributed by atoms with van der Waals surface area (Å²) in [6, 6.07) is 3.80. The molecule has 1 rings (SSSR count). The molecule has 0 aliphatic heterocycles. The Morgan fingerprint density at radius 3 is 2.44 bits per heavy atom. The third-order valence-electron chi connectivity index (χ3n) is 2.50. The van der Waals surface area contributed by atoms with Crippen LogP contribution in [0, 0.1) is 5.41 Å². The molecule has 18 heavy (non-hydrogen) atoms. The minimum absolute atomic E-state index is 0.153. The standard InChI is InChI=1S/C14H22BrNO2/c1-14(2,3)9-16(4)8-10-6-11(15)13(17)12(7-10)18-5/h6-7,17H,8-9H2,1-5H3. The molecule has 0 bridgehead atoms. The first-order chi connectivity index (χ1) is 8.23. The molecule has 0 spiro atoms. The van der Waals surface area contributed by atoms with Crippen molar-refractivity contribution in [1.29, 1.82) is 0 Å². The summed E-state index contributed by atoms with van der Waals surface area (Å²) < 4.78 is 5.82. The highest BCUT2D eigenvalue weighted by molar-refractivity contribution is 9.10. The van der Waals surface area contributed by atoms with Gasteiger partial charge in [-0.05, 0) is 46.1 Å². The Kier molecular flexibility index (Phi) is 5.05. The number of phenols is 1. The molecule has 0 unspecified atom stereocenters. The van der Waals surface area contributed by atoms with E-state index in [0.717, 1.165) is 18.7 Å². The van der Waals surface area contributed by atoms with Crippen molar-refractivity contribution in [3.63, 3.8) is 0 Å². The van der Waals surface area contributed by atoms with E-state index < -0.39 is 0 Å². The summed E-state index contributed by atoms with van der Waals surface area (Å²) in [5.74, 6) is 0.656. The van der Waals surface area contributed by atoms with Gasteiger partial charge in [-0.1, -0.05) is 20.8 Å². The molecule has 0 aliphatic rings. The van der Waals surface area contributed by atoms with Crippen molar-refractivity contribution in [3.8, 4) is 11.5 Å². The maximum Gasteiger partial charge on any atom is 0.172 e. The Morgan fingerprint density at radius 2 is 1.94 bits per heavy atom. The van der Waals surface area contributed by atoms with E-state index in [-0.39, 0.29) is 11.2 Å². The average molecular weight is 316 g/mol. The zero-order chi connectivity index (χ0) is 13.9. The van der Waals surface area contributed by atoms with Gasteiger partial charge in [-0.3, -0.25) is 0 Å². The second kappa shape index (κ2) is 5.93. The first kappa shape index (κ1) is 15.3. The summed E-state index contributed by atoms with van der Waals surface area (Å²) in [5, 5.41) is 9.76. The van der Waals surface area contributed by atoms with Crippen LogP contribution in [0.2, 0.25) is 0 Å². The molecule has 1 N–H and O–H groups in total. The lowest BCUT2D eigenvalue weighted by Crippen LogP contribution is -2.28. The fourth-order valence-corrected chi connectivity index (χ4v) is 2.54. The van der Waals surface area contributed by atoms with Gasteiger partial charge in [0.1, 0.15) is 0 Å². The molecular formula is C14H22BrNO2. The molecular weight excluding hydrogens is 294 g/mol. The zero-order valence-electron chi connectivity index (χ0n) is 11.7. The number of ether oxygens (including phenoxy) is 1. The van der Waals surface area contributed by atoms with Crippen LogP contribution >= 0.6 is 15.9 Å². The number of benzene rings is 1. The predicted octanol–water partition coefficient (Wildman–Crippen LogP) is 3.64. The molecule has 0 saturated heterocycles. The normalized spacial score (nSPS) is 11.9. The van der Waals surface area contributed by atoms with Gasteiger partial charge in [-0.2, -0.15) is 0 Å². The number of phenolic OH excluding ortho intramolecular Hbond substituents is 1. The van der Waals surface area contributed by atoms with Crippen molar-refractivity contribution in [3.05, 3.63) is 22.2 Å². The van der Waals surface area contributed by atoms with Crippen LogP contribution in [0.5, 0.6) is 11.5 Å². The molecule has 0 aliphatic carbocycles. The molecule has 0 amide bonds. The van der Waals surface area contributed by atoms with E-state index in [1.54, 1.807) is 7.11 Å². The Hall–Kier alpha value is -0.740. The first-order valence-electron chi connectivity index (χ1n) is 5.97. The van der Waals surface area contributed by atoms with Crippen molar-refractivity contribution in [2.24, 2.45) is 5.41 Å². The van der Waals surface area contributed by atoms with Crippen LogP contribution in [0.15, 0.2) is 16.6 Å². The van der Waals surface area contributed by atoms with Gasteiger partial charge in [0.25, 0.3) is 0 Å². The molecule has 1 aromatic rings. The van der Waals surface area contributed by atoms with Gasteiger partial charge in [0, 0.05) is 13.1 Å². The second-order valence-electron chi connectivity index (χ2n) is 5.86. The molecule has 0 saturated carbocycles. The van der Waals surface area contributed by atoms with Crippen LogP contribution in [0.25, 0.3) is 0 Å². The van der Waals surface area contributed by atoms with Crippen LogP contribution in [-0.4, -0.2) is 30.7 Å². The Morgan fingerprint density at radius 1 is 1.33 bits per heavy atom. The van der Waals surface area contributed by atoms with Crippen molar-refractivity contribution in [2.75, 3.05) is 20.7 Å². The largest absolute Gasteiger partial charge is 0.503 e. The summed E-state index contributed by atoms with van der Waals surface area (Å²) in [7, 11) is 3.66. The van der Waals surface area contributed by atoms with Gasteiger partial charge in [0.2, 0.25) is 0 Å². The highest BCUT2D eigenvalue weighted by atomic mass is 79.9. The van der Waals surface area contributed by atoms with Crippen molar-refractivity contribution < 1.29 is 9.84 Å². The third kappa shape index (κ3) is 4.50. The topological polar surface area (TPSA) is 32.7 Å². The van der Waals surface area contributed by atoms with E-state index in [9.17, 15) is 5.11 Å². The molecule has 0 radical (unpaired) electrons. The third-order valence-corrected chi connectivity index (χ3v) is 3.11. The summed E-state index contributed by atoms with van der Waals surface area (Å²) in [4.78, 5) is 2.26. The summed E-state index contributed by atoms with van der Waals surface area (Å²) in [5.41, 5.74) is 1.38. The number of methoxy groups -OCH3 is 1. The fraction of sp³-hybridized carbons (Fsp3) is 0.571. The molecule has 3 nitrogen and oxygen atoms in total. The highest BCUT2D eigenvalue weighted by Crippen LogP contribution is 2.35. The molecule has 0 heterocycles. The van der Waals surface area contributed by atoms with Gasteiger partial charge in [0.05, 0.1) is 11.6 Å². The Balaban J connectivity index is 2.82. The maximum absolute atomic E-state index is 9.76. The molecule has 0 aromatic heterocycles. The lowest BCUT2D eigenvalue weighted by Gasteiger charge is -2.26. The molecule has 4 heteroatoms. The summed E-state index contributed by atoms with van der Waals surface area (Å²) in [6.07, 6.45) is 0. The van der Waals surface area contributed by atoms with Gasteiger partial charge in [-0.15, -0.1) is 0 Å². The van der Waals surface area contributed by atoms with E-state index in [4.69, 9.17) is 4.74 Å². The van der Waals surface area contributed by atoms with E-state index in [0.29, 0.717) is 10.2 Å². The van der Waals surface area contributed by atoms with Crippen LogP contribution in [0.3, 0.4) is 0 Å². The SMILES string of the molecule is COc1cc(CN(C)CC(C)(C)C)cc(Br)c1O. The minimum Gasteiger partial charge on any atom is -0.503 e. The summed E-state index contributed by atoms with van der Waals surface area (Å²) >= 11 is 3.34. The van der Waals surface area contributed by atoms with Crippen LogP contribution < -0.4 is 4.74 Å². The monoisotopic (exact) mass is 315 g/mol. The number of hydrogen-bond acceptors (Lipinski definition) is 3. The number of nitrogens with zero attached hydrogens (tertiary/aromatic N) is 1. The van der Waals surface area contributed by atoms with Crippen molar-refractivity contribution >= 4 is 15.9 Å². The minimum atomic E-state index is 0.153. The van der Waals surface area contributed by atoms with E-state index in [1.807, 2.05) is 12.1 Å². The van der Waals surface area contributed by atoms with Gasteiger partial charge < -0.3 is 14.7 Å². The highest BCUT2D eigenvalue weighted by Gasteiger charge is 2.15. The Labute approximate surface area is 118 Å². The van der Waals surface area contributed by atoms with E-state index in [2.05, 4.69) is 48.6 Å². The van der Waals surface area contributed by atoms with Crippen LogP contribution in [0.1, 0.15) is 26.3 Å². The second-order valence-corrected chi connectivity index (χ2v) is 6.72. The number of aromatic hydroxyl groups is 1. The molecule has 102 valence electrons. The average Bonchev–Trinajstić information content (AvgIpc) is 2.20. The van der Waals surface area contributed by atoms with E-state index in [1.165, 1.54) is 0 Å². The fourth-order valence-electron chi connectivity index (χ4n) is 2.05. The van der Waals surface area contributed by atoms with Gasteiger partial charge >= 0.3 is 0 Å². The zero-order valence-corrected chi connectivity index (χ0v) is 13.3. The van der Waals surface area contributed by atoms with Crippen molar-refractivity contribution in [1.82, 2.24) is 4.90 Å². The van der Waals surface area contributed by atoms with Crippen LogP contribution in [0.4, 0.5) is 0 Å². The number of rotatable bonds is 4.